The Labute approximate surface area is 353 Å². The Hall–Kier alpha value is -7.51. The van der Waals surface area contributed by atoms with Crippen molar-refractivity contribution in [3.63, 3.8) is 0 Å². The van der Waals surface area contributed by atoms with Crippen LogP contribution in [0.3, 0.4) is 0 Å². The van der Waals surface area contributed by atoms with Crippen LogP contribution in [-0.2, 0) is 24.7 Å². The van der Waals surface area contributed by atoms with Crippen LogP contribution < -0.4 is 20.1 Å². The SMILES string of the molecule is Cc1ccc(Oc2ccccc2)cc1NC(=O)c1cc(C(F)(F)F)cc(C(F)(F)F)c1.O=C(Nc1cc(Oc2ccccc2)ccc1C(=O)O)c1cc(C(F)(F)F)cc(C(F)(F)F)c1. The highest BCUT2D eigenvalue weighted by Gasteiger charge is 2.39. The third-order valence-corrected chi connectivity index (χ3v) is 8.58. The van der Waals surface area contributed by atoms with Gasteiger partial charge in [-0.3, -0.25) is 9.59 Å². The second-order valence-electron chi connectivity index (χ2n) is 13.3. The van der Waals surface area contributed by atoms with Crippen molar-refractivity contribution in [3.8, 4) is 23.0 Å². The van der Waals surface area contributed by atoms with Crippen LogP contribution in [0.15, 0.2) is 133 Å². The van der Waals surface area contributed by atoms with E-state index in [0.29, 0.717) is 34.9 Å². The fourth-order valence-corrected chi connectivity index (χ4v) is 5.49. The van der Waals surface area contributed by atoms with Crippen LogP contribution in [0, 0.1) is 6.92 Å². The number of carboxylic acid groups (broad SMARTS) is 1. The number of rotatable bonds is 9. The molecule has 334 valence electrons. The van der Waals surface area contributed by atoms with Crippen molar-refractivity contribution in [2.24, 2.45) is 0 Å². The average molecular weight is 909 g/mol. The number of carbonyl (C=O) groups is 3. The van der Waals surface area contributed by atoms with Gasteiger partial charge in [-0.2, -0.15) is 52.7 Å². The maximum absolute atomic E-state index is 13.1. The zero-order valence-electron chi connectivity index (χ0n) is 32.2. The number of amides is 2. The summed E-state index contributed by atoms with van der Waals surface area (Å²) in [6.45, 7) is 1.62. The van der Waals surface area contributed by atoms with E-state index in [2.05, 4.69) is 10.6 Å². The molecule has 0 bridgehead atoms. The lowest BCUT2D eigenvalue weighted by Gasteiger charge is -2.15. The fraction of sp³-hybridized carbons (Fsp3) is 0.114. The fourth-order valence-electron chi connectivity index (χ4n) is 5.49. The number of hydrogen-bond acceptors (Lipinski definition) is 5. The minimum Gasteiger partial charge on any atom is -0.478 e. The number of anilines is 2. The Morgan fingerprint density at radius 3 is 1.14 bits per heavy atom. The predicted octanol–water partition coefficient (Wildman–Crippen LogP) is 13.5. The number of aromatic carboxylic acids is 1. The Morgan fingerprint density at radius 2 is 0.781 bits per heavy atom. The maximum atomic E-state index is 13.1. The van der Waals surface area contributed by atoms with Gasteiger partial charge in [0.15, 0.2) is 0 Å². The van der Waals surface area contributed by atoms with Gasteiger partial charge in [0.05, 0.1) is 33.5 Å². The van der Waals surface area contributed by atoms with Gasteiger partial charge in [-0.05, 0) is 91.3 Å². The van der Waals surface area contributed by atoms with E-state index in [1.54, 1.807) is 79.7 Å². The van der Waals surface area contributed by atoms with Crippen LogP contribution in [-0.4, -0.2) is 22.9 Å². The van der Waals surface area contributed by atoms with Crippen molar-refractivity contribution in [1.29, 1.82) is 0 Å². The molecule has 0 aliphatic carbocycles. The highest BCUT2D eigenvalue weighted by molar-refractivity contribution is 6.08. The van der Waals surface area contributed by atoms with Gasteiger partial charge in [-0.25, -0.2) is 4.79 Å². The summed E-state index contributed by atoms with van der Waals surface area (Å²) in [5, 5.41) is 13.8. The van der Waals surface area contributed by atoms with Gasteiger partial charge in [-0.15, -0.1) is 0 Å². The van der Waals surface area contributed by atoms with Crippen molar-refractivity contribution < 1.29 is 81.6 Å². The molecule has 8 nitrogen and oxygen atoms in total. The molecule has 64 heavy (non-hydrogen) atoms. The minimum atomic E-state index is -5.15. The number of carbonyl (C=O) groups excluding carboxylic acids is 2. The predicted molar refractivity (Wildman–Crippen MR) is 206 cm³/mol. The van der Waals surface area contributed by atoms with Crippen LogP contribution in [0.2, 0.25) is 0 Å². The molecule has 0 atom stereocenters. The number of carboxylic acids is 1. The number of ether oxygens (including phenoxy) is 2. The monoisotopic (exact) mass is 908 g/mol. The van der Waals surface area contributed by atoms with Gasteiger partial charge in [-0.1, -0.05) is 42.5 Å². The van der Waals surface area contributed by atoms with Gasteiger partial charge in [0.2, 0.25) is 0 Å². The molecule has 0 spiro atoms. The van der Waals surface area contributed by atoms with Crippen LogP contribution >= 0.6 is 0 Å². The van der Waals surface area contributed by atoms with E-state index in [1.807, 2.05) is 0 Å². The first kappa shape index (κ1) is 47.5. The quantitative estimate of drug-likeness (QED) is 0.125. The van der Waals surface area contributed by atoms with Crippen molar-refractivity contribution in [1.82, 2.24) is 0 Å². The molecule has 0 heterocycles. The lowest BCUT2D eigenvalue weighted by Crippen LogP contribution is -2.18. The largest absolute Gasteiger partial charge is 0.478 e. The minimum absolute atomic E-state index is 0.0314. The van der Waals surface area contributed by atoms with Crippen LogP contribution in [0.25, 0.3) is 0 Å². The average Bonchev–Trinajstić information content (AvgIpc) is 3.21. The van der Waals surface area contributed by atoms with E-state index in [9.17, 15) is 72.2 Å². The summed E-state index contributed by atoms with van der Waals surface area (Å²) in [5.74, 6) is -2.70. The topological polar surface area (TPSA) is 114 Å². The lowest BCUT2D eigenvalue weighted by atomic mass is 10.0. The van der Waals surface area contributed by atoms with Crippen LogP contribution in [0.4, 0.5) is 64.1 Å². The first-order valence-corrected chi connectivity index (χ1v) is 17.9. The normalized spacial score (nSPS) is 11.8. The molecule has 0 unspecified atom stereocenters. The molecule has 0 saturated carbocycles. The molecule has 0 aliphatic rings. The molecule has 20 heteroatoms. The number of benzene rings is 6. The summed E-state index contributed by atoms with van der Waals surface area (Å²) in [7, 11) is 0. The summed E-state index contributed by atoms with van der Waals surface area (Å²) in [6, 6.07) is 26.1. The molecular weight excluding hydrogens is 880 g/mol. The summed E-state index contributed by atoms with van der Waals surface area (Å²) >= 11 is 0. The van der Waals surface area contributed by atoms with Crippen molar-refractivity contribution in [3.05, 3.63) is 178 Å². The number of aryl methyl sites for hydroxylation is 1. The van der Waals surface area contributed by atoms with Gasteiger partial charge in [0.1, 0.15) is 23.0 Å². The first-order chi connectivity index (χ1) is 29.8. The van der Waals surface area contributed by atoms with Crippen LogP contribution in [0.5, 0.6) is 23.0 Å². The second kappa shape index (κ2) is 18.9. The molecule has 2 amide bonds. The van der Waals surface area contributed by atoms with Crippen molar-refractivity contribution in [2.45, 2.75) is 31.6 Å². The van der Waals surface area contributed by atoms with Crippen molar-refractivity contribution >= 4 is 29.2 Å². The number of halogens is 12. The lowest BCUT2D eigenvalue weighted by molar-refractivity contribution is -0.144. The van der Waals surface area contributed by atoms with E-state index in [0.717, 1.165) is 12.1 Å². The summed E-state index contributed by atoms with van der Waals surface area (Å²) < 4.78 is 168. The standard InChI is InChI=1S/C22H13F6NO4.C22H15F6NO2/c23-21(24,25)13-8-12(9-14(10-13)22(26,27)28)19(30)29-18-11-16(6-7-17(18)20(31)32)33-15-4-2-1-3-5-15;1-13-7-8-18(31-17-5-3-2-4-6-17)12-19(13)29-20(30)14-9-15(21(23,24)25)11-16(10-14)22(26,27)28/h1-11H,(H,29,30)(H,31,32);2-12H,1H3,(H,29,30). The Kier molecular flexibility index (Phi) is 14.0. The zero-order chi connectivity index (χ0) is 47.2. The molecule has 6 aromatic carbocycles. The number of para-hydroxylation sites is 2. The van der Waals surface area contributed by atoms with E-state index in [-0.39, 0.29) is 41.4 Å². The Bertz CT molecular complexity index is 2580. The third kappa shape index (κ3) is 12.8. The molecule has 0 fully saturated rings. The number of nitrogens with one attached hydrogen (secondary N) is 2. The molecule has 3 N–H and O–H groups in total. The van der Waals surface area contributed by atoms with E-state index in [4.69, 9.17) is 9.47 Å². The third-order valence-electron chi connectivity index (χ3n) is 8.58. The molecule has 6 aromatic rings. The summed E-state index contributed by atoms with van der Waals surface area (Å²) in [5.41, 5.74) is -8.32. The molecule has 6 rings (SSSR count). The Balaban J connectivity index is 0.000000241. The molecule has 0 aliphatic heterocycles. The number of hydrogen-bond donors (Lipinski definition) is 3. The molecule has 0 radical (unpaired) electrons. The number of alkyl halides is 12. The Morgan fingerprint density at radius 1 is 0.438 bits per heavy atom. The smallest absolute Gasteiger partial charge is 0.416 e. The van der Waals surface area contributed by atoms with Gasteiger partial charge in [0.25, 0.3) is 11.8 Å². The van der Waals surface area contributed by atoms with E-state index >= 15 is 0 Å². The van der Waals surface area contributed by atoms with E-state index in [1.165, 1.54) is 12.1 Å². The molecule has 0 saturated heterocycles. The van der Waals surface area contributed by atoms with Crippen molar-refractivity contribution in [2.75, 3.05) is 10.6 Å². The molecule has 0 aromatic heterocycles. The second-order valence-corrected chi connectivity index (χ2v) is 13.3. The highest BCUT2D eigenvalue weighted by atomic mass is 19.4. The summed E-state index contributed by atoms with van der Waals surface area (Å²) in [6.07, 6.45) is -20.4. The highest BCUT2D eigenvalue weighted by Crippen LogP contribution is 2.39. The summed E-state index contributed by atoms with van der Waals surface area (Å²) in [4.78, 5) is 36.5. The molecular formula is C44H28F12N2O6. The zero-order valence-corrected chi connectivity index (χ0v) is 32.2. The van der Waals surface area contributed by atoms with Gasteiger partial charge >= 0.3 is 30.7 Å². The van der Waals surface area contributed by atoms with Crippen LogP contribution in [0.1, 0.15) is 58.9 Å². The van der Waals surface area contributed by atoms with E-state index < -0.39 is 81.4 Å². The first-order valence-electron chi connectivity index (χ1n) is 17.9. The van der Waals surface area contributed by atoms with Gasteiger partial charge in [0, 0.05) is 28.9 Å². The van der Waals surface area contributed by atoms with Gasteiger partial charge < -0.3 is 25.2 Å². The maximum Gasteiger partial charge on any atom is 0.416 e.